The Hall–Kier alpha value is -2.67. The van der Waals surface area contributed by atoms with Gasteiger partial charge in [-0.15, -0.1) is 0 Å². The van der Waals surface area contributed by atoms with Gasteiger partial charge in [0.15, 0.2) is 0 Å². The largest absolute Gasteiger partial charge is 0.463 e. The molecule has 1 aromatic carbocycles. The van der Waals surface area contributed by atoms with Crippen molar-refractivity contribution in [1.29, 1.82) is 0 Å². The van der Waals surface area contributed by atoms with Crippen molar-refractivity contribution in [2.75, 3.05) is 32.8 Å². The number of esters is 1. The maximum Gasteiger partial charge on any atom is 0.336 e. The molecule has 33 heavy (non-hydrogen) atoms. The molecule has 2 rings (SSSR count). The zero-order valence-corrected chi connectivity index (χ0v) is 20.7. The number of ether oxygens (including phenoxy) is 1. The molecule has 1 aliphatic heterocycles. The van der Waals surface area contributed by atoms with E-state index >= 15 is 0 Å². The van der Waals surface area contributed by atoms with Crippen molar-refractivity contribution < 1.29 is 19.1 Å². The third-order valence-corrected chi connectivity index (χ3v) is 6.24. The average molecular weight is 458 g/mol. The molecule has 7 nitrogen and oxygen atoms in total. The van der Waals surface area contributed by atoms with Crippen LogP contribution in [0.4, 0.5) is 0 Å². The van der Waals surface area contributed by atoms with E-state index in [1.54, 1.807) is 13.8 Å². The number of hydrogen-bond acceptors (Lipinski definition) is 5. The maximum absolute atomic E-state index is 13.0. The average Bonchev–Trinajstić information content (AvgIpc) is 2.79. The number of rotatable bonds is 12. The Bertz CT molecular complexity index is 833. The maximum atomic E-state index is 13.0. The normalized spacial score (nSPS) is 17.3. The highest BCUT2D eigenvalue weighted by Gasteiger charge is 2.37. The van der Waals surface area contributed by atoms with Gasteiger partial charge >= 0.3 is 5.97 Å². The van der Waals surface area contributed by atoms with Gasteiger partial charge < -0.3 is 19.9 Å². The fourth-order valence-corrected chi connectivity index (χ4v) is 4.34. The molecule has 2 amide bonds. The van der Waals surface area contributed by atoms with Crippen molar-refractivity contribution in [3.8, 4) is 0 Å². The number of amides is 2. The van der Waals surface area contributed by atoms with Crippen LogP contribution in [0.1, 0.15) is 65.4 Å². The Morgan fingerprint density at radius 1 is 1.18 bits per heavy atom. The minimum atomic E-state index is -0.438. The summed E-state index contributed by atoms with van der Waals surface area (Å²) >= 11 is 0. The molecule has 1 N–H and O–H groups in total. The molecule has 0 bridgehead atoms. The van der Waals surface area contributed by atoms with Gasteiger partial charge in [0, 0.05) is 24.1 Å². The summed E-state index contributed by atoms with van der Waals surface area (Å²) in [5.74, 6) is -1.21. The molecule has 182 valence electrons. The third kappa shape index (κ3) is 7.42. The lowest BCUT2D eigenvalue weighted by Gasteiger charge is -2.34. The van der Waals surface area contributed by atoms with E-state index < -0.39 is 5.97 Å². The summed E-state index contributed by atoms with van der Waals surface area (Å²) in [4.78, 5) is 42.3. The van der Waals surface area contributed by atoms with Crippen LogP contribution in [0.5, 0.6) is 0 Å². The lowest BCUT2D eigenvalue weighted by atomic mass is 9.83. The summed E-state index contributed by atoms with van der Waals surface area (Å²) in [6.07, 6.45) is 1.99. The molecule has 0 aliphatic carbocycles. The van der Waals surface area contributed by atoms with Crippen molar-refractivity contribution >= 4 is 17.8 Å². The predicted octanol–water partition coefficient (Wildman–Crippen LogP) is 3.47. The molecule has 1 aliphatic rings. The second kappa shape index (κ2) is 13.1. The van der Waals surface area contributed by atoms with Crippen LogP contribution in [0.3, 0.4) is 0 Å². The summed E-state index contributed by atoms with van der Waals surface area (Å²) in [5, 5.41) is 3.00. The highest BCUT2D eigenvalue weighted by Crippen LogP contribution is 2.36. The second-order valence-electron chi connectivity index (χ2n) is 8.50. The van der Waals surface area contributed by atoms with E-state index in [0.717, 1.165) is 38.0 Å². The summed E-state index contributed by atoms with van der Waals surface area (Å²) in [6.45, 7) is 12.9. The topological polar surface area (TPSA) is 79.0 Å². The number of carbonyl (C=O) groups is 3. The van der Waals surface area contributed by atoms with Crippen LogP contribution in [-0.2, 0) is 19.1 Å². The molecule has 7 heteroatoms. The standard InChI is InChI=1S/C26H39N3O4/c1-6-28(7-2)16-12-13-19(4)27-23(30)18-29-20(5)25(26(32)33-8-3)22(17-24(29)31)21-14-10-9-11-15-21/h9-11,14-15,19,22H,6-8,12-13,16-18H2,1-5H3,(H,27,30). The molecular weight excluding hydrogens is 418 g/mol. The number of nitrogens with zero attached hydrogens (tertiary/aromatic N) is 2. The smallest absolute Gasteiger partial charge is 0.336 e. The first kappa shape index (κ1) is 26.6. The number of carbonyl (C=O) groups excluding carboxylic acids is 3. The third-order valence-electron chi connectivity index (χ3n) is 6.24. The van der Waals surface area contributed by atoms with E-state index in [4.69, 9.17) is 4.74 Å². The zero-order valence-electron chi connectivity index (χ0n) is 20.7. The highest BCUT2D eigenvalue weighted by atomic mass is 16.5. The van der Waals surface area contributed by atoms with Gasteiger partial charge in [0.2, 0.25) is 11.8 Å². The van der Waals surface area contributed by atoms with E-state index in [1.807, 2.05) is 37.3 Å². The molecule has 1 aromatic rings. The summed E-state index contributed by atoms with van der Waals surface area (Å²) in [5.41, 5.74) is 1.82. The fourth-order valence-electron chi connectivity index (χ4n) is 4.34. The summed E-state index contributed by atoms with van der Waals surface area (Å²) < 4.78 is 5.30. The van der Waals surface area contributed by atoms with Gasteiger partial charge in [0.05, 0.1) is 12.2 Å². The van der Waals surface area contributed by atoms with Crippen LogP contribution < -0.4 is 5.32 Å². The van der Waals surface area contributed by atoms with Gasteiger partial charge in [-0.05, 0) is 58.8 Å². The van der Waals surface area contributed by atoms with Crippen LogP contribution in [0.2, 0.25) is 0 Å². The first-order valence-electron chi connectivity index (χ1n) is 12.1. The van der Waals surface area contributed by atoms with Crippen LogP contribution in [0.15, 0.2) is 41.6 Å². The minimum absolute atomic E-state index is 0.0128. The van der Waals surface area contributed by atoms with Crippen LogP contribution >= 0.6 is 0 Å². The molecule has 2 unspecified atom stereocenters. The fraction of sp³-hybridized carbons (Fsp3) is 0.577. The molecule has 0 aromatic heterocycles. The summed E-state index contributed by atoms with van der Waals surface area (Å²) in [7, 11) is 0. The quantitative estimate of drug-likeness (QED) is 0.486. The monoisotopic (exact) mass is 457 g/mol. The number of hydrogen-bond donors (Lipinski definition) is 1. The molecule has 1 heterocycles. The first-order chi connectivity index (χ1) is 15.8. The number of allylic oxidation sites excluding steroid dienone is 1. The molecule has 0 radical (unpaired) electrons. The van der Waals surface area contributed by atoms with Gasteiger partial charge in [-0.3, -0.25) is 9.59 Å². The molecule has 2 atom stereocenters. The van der Waals surface area contributed by atoms with E-state index in [1.165, 1.54) is 4.90 Å². The van der Waals surface area contributed by atoms with Gasteiger partial charge in [0.25, 0.3) is 0 Å². The van der Waals surface area contributed by atoms with Gasteiger partial charge in [0.1, 0.15) is 6.54 Å². The molecule has 0 saturated carbocycles. The van der Waals surface area contributed by atoms with Crippen molar-refractivity contribution in [2.24, 2.45) is 0 Å². The minimum Gasteiger partial charge on any atom is -0.463 e. The Morgan fingerprint density at radius 2 is 1.85 bits per heavy atom. The van der Waals surface area contributed by atoms with Crippen molar-refractivity contribution in [1.82, 2.24) is 15.1 Å². The zero-order chi connectivity index (χ0) is 24.4. The van der Waals surface area contributed by atoms with E-state index in [2.05, 4.69) is 24.1 Å². The highest BCUT2D eigenvalue weighted by molar-refractivity contribution is 5.97. The first-order valence-corrected chi connectivity index (χ1v) is 12.1. The lowest BCUT2D eigenvalue weighted by Crippen LogP contribution is -2.46. The number of benzene rings is 1. The Labute approximate surface area is 198 Å². The molecule has 0 fully saturated rings. The summed E-state index contributed by atoms with van der Waals surface area (Å²) in [6, 6.07) is 9.51. The lowest BCUT2D eigenvalue weighted by molar-refractivity contribution is -0.141. The SMILES string of the molecule is CCOC(=O)C1=C(C)N(CC(=O)NC(C)CCCN(CC)CC)C(=O)CC1c1ccccc1. The Kier molecular flexibility index (Phi) is 10.6. The Morgan fingerprint density at radius 3 is 2.45 bits per heavy atom. The molecular formula is C26H39N3O4. The van der Waals surface area contributed by atoms with Crippen LogP contribution in [0, 0.1) is 0 Å². The van der Waals surface area contributed by atoms with Gasteiger partial charge in [-0.1, -0.05) is 44.2 Å². The van der Waals surface area contributed by atoms with Crippen LogP contribution in [-0.4, -0.2) is 66.4 Å². The molecule has 0 saturated heterocycles. The van der Waals surface area contributed by atoms with Gasteiger partial charge in [-0.2, -0.15) is 0 Å². The number of nitrogens with one attached hydrogen (secondary N) is 1. The van der Waals surface area contributed by atoms with Crippen molar-refractivity contribution in [3.63, 3.8) is 0 Å². The molecule has 0 spiro atoms. The van der Waals surface area contributed by atoms with Crippen LogP contribution in [0.25, 0.3) is 0 Å². The Balaban J connectivity index is 2.10. The van der Waals surface area contributed by atoms with E-state index in [-0.39, 0.29) is 43.3 Å². The van der Waals surface area contributed by atoms with Crippen molar-refractivity contribution in [2.45, 2.75) is 65.8 Å². The predicted molar refractivity (Wildman–Crippen MR) is 129 cm³/mol. The van der Waals surface area contributed by atoms with Gasteiger partial charge in [-0.25, -0.2) is 4.79 Å². The second-order valence-corrected chi connectivity index (χ2v) is 8.50. The van der Waals surface area contributed by atoms with Crippen molar-refractivity contribution in [3.05, 3.63) is 47.2 Å². The van der Waals surface area contributed by atoms with E-state index in [0.29, 0.717) is 11.3 Å². The van der Waals surface area contributed by atoms with E-state index in [9.17, 15) is 14.4 Å².